The van der Waals surface area contributed by atoms with Crippen LogP contribution in [0, 0.1) is 5.92 Å². The molecule has 1 aliphatic carbocycles. The predicted octanol–water partition coefficient (Wildman–Crippen LogP) is 4.88. The molecule has 0 aliphatic heterocycles. The molecular formula is C13H25F. The van der Waals surface area contributed by atoms with E-state index in [2.05, 4.69) is 0 Å². The molecule has 0 spiro atoms. The van der Waals surface area contributed by atoms with Gasteiger partial charge in [-0.3, -0.25) is 4.39 Å². The van der Waals surface area contributed by atoms with Gasteiger partial charge in [0.2, 0.25) is 0 Å². The minimum absolute atomic E-state index is 0.106. The molecule has 1 rings (SSSR count). The zero-order chi connectivity index (χ0) is 10.1. The number of rotatable bonds is 2. The van der Waals surface area contributed by atoms with Gasteiger partial charge in [-0.05, 0) is 12.3 Å². The molecule has 1 aliphatic rings. The van der Waals surface area contributed by atoms with Crippen molar-refractivity contribution in [3.05, 3.63) is 0 Å². The van der Waals surface area contributed by atoms with Crippen LogP contribution in [0.3, 0.4) is 0 Å². The summed E-state index contributed by atoms with van der Waals surface area (Å²) in [5, 5.41) is 0. The van der Waals surface area contributed by atoms with Crippen LogP contribution in [0.15, 0.2) is 0 Å². The van der Waals surface area contributed by atoms with Gasteiger partial charge in [0, 0.05) is 0 Å². The Balaban J connectivity index is 2.20. The highest BCUT2D eigenvalue weighted by molar-refractivity contribution is 4.61. The van der Waals surface area contributed by atoms with E-state index >= 15 is 0 Å². The van der Waals surface area contributed by atoms with E-state index in [1.54, 1.807) is 0 Å². The van der Waals surface area contributed by atoms with Crippen LogP contribution in [-0.2, 0) is 0 Å². The standard InChI is InChI=1S/C13H25F/c14-12-11-13-9-7-5-3-1-2-4-6-8-10-13/h13H,1-12H2. The Hall–Kier alpha value is -0.0700. The molecule has 0 amide bonds. The molecular weight excluding hydrogens is 175 g/mol. The summed E-state index contributed by atoms with van der Waals surface area (Å²) in [6, 6.07) is 0. The molecule has 0 N–H and O–H groups in total. The van der Waals surface area contributed by atoms with Crippen LogP contribution in [0.4, 0.5) is 4.39 Å². The van der Waals surface area contributed by atoms with Gasteiger partial charge in [-0.15, -0.1) is 0 Å². The van der Waals surface area contributed by atoms with E-state index in [1.165, 1.54) is 64.2 Å². The second-order valence-electron chi connectivity index (χ2n) is 4.75. The molecule has 84 valence electrons. The van der Waals surface area contributed by atoms with Crippen LogP contribution in [-0.4, -0.2) is 6.67 Å². The molecule has 0 unspecified atom stereocenters. The van der Waals surface area contributed by atoms with Crippen LogP contribution < -0.4 is 0 Å². The highest BCUT2D eigenvalue weighted by Gasteiger charge is 2.09. The summed E-state index contributed by atoms with van der Waals surface area (Å²) in [5.41, 5.74) is 0. The zero-order valence-electron chi connectivity index (χ0n) is 9.44. The molecule has 1 heteroatoms. The molecule has 0 atom stereocenters. The van der Waals surface area contributed by atoms with Crippen molar-refractivity contribution < 1.29 is 4.39 Å². The number of alkyl halides is 1. The van der Waals surface area contributed by atoms with Crippen molar-refractivity contribution in [1.82, 2.24) is 0 Å². The lowest BCUT2D eigenvalue weighted by Crippen LogP contribution is -2.01. The van der Waals surface area contributed by atoms with Crippen molar-refractivity contribution >= 4 is 0 Å². The van der Waals surface area contributed by atoms with Crippen molar-refractivity contribution in [3.63, 3.8) is 0 Å². The molecule has 0 aromatic rings. The van der Waals surface area contributed by atoms with E-state index < -0.39 is 0 Å². The van der Waals surface area contributed by atoms with Crippen molar-refractivity contribution in [2.45, 2.75) is 70.6 Å². The third kappa shape index (κ3) is 5.62. The molecule has 14 heavy (non-hydrogen) atoms. The minimum atomic E-state index is -0.106. The highest BCUT2D eigenvalue weighted by atomic mass is 19.1. The normalized spacial score (nSPS) is 22.9. The van der Waals surface area contributed by atoms with E-state index in [4.69, 9.17) is 0 Å². The summed E-state index contributed by atoms with van der Waals surface area (Å²) < 4.78 is 12.3. The van der Waals surface area contributed by atoms with Crippen molar-refractivity contribution in [2.75, 3.05) is 6.67 Å². The molecule has 0 saturated heterocycles. The van der Waals surface area contributed by atoms with Gasteiger partial charge in [-0.25, -0.2) is 0 Å². The number of hydrogen-bond donors (Lipinski definition) is 0. The fourth-order valence-electron chi connectivity index (χ4n) is 2.51. The molecule has 1 fully saturated rings. The first-order valence-electron chi connectivity index (χ1n) is 6.49. The van der Waals surface area contributed by atoms with Gasteiger partial charge < -0.3 is 0 Å². The minimum Gasteiger partial charge on any atom is -0.251 e. The Morgan fingerprint density at radius 2 is 1.14 bits per heavy atom. The molecule has 0 aromatic heterocycles. The highest BCUT2D eigenvalue weighted by Crippen LogP contribution is 2.23. The second-order valence-corrected chi connectivity index (χ2v) is 4.75. The maximum Gasteiger partial charge on any atom is 0.0897 e. The first-order valence-corrected chi connectivity index (χ1v) is 6.49. The average molecular weight is 200 g/mol. The summed E-state index contributed by atoms with van der Waals surface area (Å²) in [4.78, 5) is 0. The van der Waals surface area contributed by atoms with Crippen LogP contribution in [0.1, 0.15) is 70.6 Å². The van der Waals surface area contributed by atoms with E-state index in [0.29, 0.717) is 5.92 Å². The monoisotopic (exact) mass is 200 g/mol. The topological polar surface area (TPSA) is 0 Å². The summed E-state index contributed by atoms with van der Waals surface area (Å²) in [6.45, 7) is -0.106. The van der Waals surface area contributed by atoms with Gasteiger partial charge >= 0.3 is 0 Å². The van der Waals surface area contributed by atoms with Crippen molar-refractivity contribution in [3.8, 4) is 0 Å². The lowest BCUT2D eigenvalue weighted by molar-refractivity contribution is 0.337. The molecule has 0 aromatic carbocycles. The third-order valence-corrected chi connectivity index (χ3v) is 3.49. The quantitative estimate of drug-likeness (QED) is 0.596. The van der Waals surface area contributed by atoms with Crippen molar-refractivity contribution in [1.29, 1.82) is 0 Å². The molecule has 0 nitrogen and oxygen atoms in total. The van der Waals surface area contributed by atoms with Gasteiger partial charge in [0.05, 0.1) is 6.67 Å². The Morgan fingerprint density at radius 3 is 1.57 bits per heavy atom. The molecule has 0 heterocycles. The fourth-order valence-corrected chi connectivity index (χ4v) is 2.51. The van der Waals surface area contributed by atoms with Gasteiger partial charge in [0.15, 0.2) is 0 Å². The van der Waals surface area contributed by atoms with Crippen LogP contribution in [0.25, 0.3) is 0 Å². The van der Waals surface area contributed by atoms with E-state index in [0.717, 1.165) is 6.42 Å². The van der Waals surface area contributed by atoms with E-state index in [9.17, 15) is 4.39 Å². The maximum atomic E-state index is 12.3. The lowest BCUT2D eigenvalue weighted by atomic mass is 9.93. The first-order chi connectivity index (χ1) is 6.93. The van der Waals surface area contributed by atoms with Gasteiger partial charge in [-0.1, -0.05) is 64.2 Å². The lowest BCUT2D eigenvalue weighted by Gasteiger charge is -2.14. The van der Waals surface area contributed by atoms with Gasteiger partial charge in [0.25, 0.3) is 0 Å². The van der Waals surface area contributed by atoms with E-state index in [1.807, 2.05) is 0 Å². The van der Waals surface area contributed by atoms with Gasteiger partial charge in [0.1, 0.15) is 0 Å². The Bertz CT molecular complexity index is 110. The van der Waals surface area contributed by atoms with Gasteiger partial charge in [-0.2, -0.15) is 0 Å². The summed E-state index contributed by atoms with van der Waals surface area (Å²) in [7, 11) is 0. The largest absolute Gasteiger partial charge is 0.251 e. The van der Waals surface area contributed by atoms with E-state index in [-0.39, 0.29) is 6.67 Å². The SMILES string of the molecule is FCCC1CCCCCCCCCC1. The van der Waals surface area contributed by atoms with Crippen LogP contribution in [0.5, 0.6) is 0 Å². The van der Waals surface area contributed by atoms with Crippen LogP contribution in [0.2, 0.25) is 0 Å². The fraction of sp³-hybridized carbons (Fsp3) is 1.00. The number of hydrogen-bond acceptors (Lipinski definition) is 0. The summed E-state index contributed by atoms with van der Waals surface area (Å²) >= 11 is 0. The average Bonchev–Trinajstić information content (AvgIpc) is 2.24. The first kappa shape index (κ1) is 12.0. The van der Waals surface area contributed by atoms with Crippen molar-refractivity contribution in [2.24, 2.45) is 5.92 Å². The zero-order valence-corrected chi connectivity index (χ0v) is 9.44. The smallest absolute Gasteiger partial charge is 0.0897 e. The second kappa shape index (κ2) is 8.26. The predicted molar refractivity (Wildman–Crippen MR) is 60.3 cm³/mol. The Kier molecular flexibility index (Phi) is 7.08. The summed E-state index contributed by atoms with van der Waals surface area (Å²) in [6.07, 6.45) is 14.5. The molecule has 0 bridgehead atoms. The molecule has 0 radical (unpaired) electrons. The van der Waals surface area contributed by atoms with Crippen LogP contribution >= 0.6 is 0 Å². The maximum absolute atomic E-state index is 12.3. The summed E-state index contributed by atoms with van der Waals surface area (Å²) in [5.74, 6) is 0.693. The Morgan fingerprint density at radius 1 is 0.714 bits per heavy atom. The number of halogens is 1. The Labute approximate surface area is 88.3 Å². The third-order valence-electron chi connectivity index (χ3n) is 3.49. The molecule has 1 saturated carbocycles.